The maximum absolute atomic E-state index is 12.5. The van der Waals surface area contributed by atoms with Gasteiger partial charge in [-0.1, -0.05) is 281 Å². The van der Waals surface area contributed by atoms with Gasteiger partial charge in [-0.05, 0) is 83.5 Å². The molecule has 0 fully saturated rings. The number of amides is 1. The molecule has 0 saturated heterocycles. The second-order valence-corrected chi connectivity index (χ2v) is 21.7. The molecule has 6 nitrogen and oxygen atoms in total. The van der Waals surface area contributed by atoms with E-state index in [1.54, 1.807) is 6.08 Å². The van der Waals surface area contributed by atoms with Gasteiger partial charge in [0.1, 0.15) is 0 Å². The molecule has 0 spiro atoms. The lowest BCUT2D eigenvalue weighted by atomic mass is 10.0. The fourth-order valence-corrected chi connectivity index (χ4v) is 9.74. The summed E-state index contributed by atoms with van der Waals surface area (Å²) in [6.45, 7) is 4.89. The van der Waals surface area contributed by atoms with Crippen LogP contribution in [0.4, 0.5) is 0 Å². The first kappa shape index (κ1) is 69.1. The van der Waals surface area contributed by atoms with E-state index >= 15 is 0 Å². The molecule has 2 atom stereocenters. The molecular formula is C65H123NO5. The van der Waals surface area contributed by atoms with E-state index < -0.39 is 12.1 Å². The number of aliphatic hydroxyl groups excluding tert-OH is 2. The van der Waals surface area contributed by atoms with Crippen molar-refractivity contribution in [2.45, 2.75) is 353 Å². The summed E-state index contributed by atoms with van der Waals surface area (Å²) in [5, 5.41) is 23.2. The summed E-state index contributed by atoms with van der Waals surface area (Å²) in [5.41, 5.74) is 0. The molecular weight excluding hydrogens is 875 g/mol. The van der Waals surface area contributed by atoms with Crippen molar-refractivity contribution in [3.05, 3.63) is 36.5 Å². The van der Waals surface area contributed by atoms with Crippen LogP contribution in [0.1, 0.15) is 341 Å². The molecule has 0 rings (SSSR count). The predicted molar refractivity (Wildman–Crippen MR) is 310 cm³/mol. The molecule has 0 aliphatic rings. The van der Waals surface area contributed by atoms with Crippen LogP contribution in [0, 0.1) is 0 Å². The van der Waals surface area contributed by atoms with E-state index in [4.69, 9.17) is 4.74 Å². The quantitative estimate of drug-likeness (QED) is 0.0321. The molecule has 0 aliphatic heterocycles. The highest BCUT2D eigenvalue weighted by Crippen LogP contribution is 2.17. The van der Waals surface area contributed by atoms with Gasteiger partial charge in [0, 0.05) is 12.8 Å². The number of hydrogen-bond acceptors (Lipinski definition) is 5. The zero-order valence-electron chi connectivity index (χ0n) is 47.7. The number of ether oxygens (including phenoxy) is 1. The number of allylic oxidation sites excluding steroid dienone is 5. The number of esters is 1. The average Bonchev–Trinajstić information content (AvgIpc) is 3.37. The maximum atomic E-state index is 12.5. The fraction of sp³-hybridized carbons (Fsp3) is 0.877. The summed E-state index contributed by atoms with van der Waals surface area (Å²) >= 11 is 0. The Morgan fingerprint density at radius 3 is 1.03 bits per heavy atom. The molecule has 0 aromatic rings. The van der Waals surface area contributed by atoms with E-state index in [9.17, 15) is 19.8 Å². The van der Waals surface area contributed by atoms with Crippen molar-refractivity contribution < 1.29 is 24.5 Å². The third-order valence-corrected chi connectivity index (χ3v) is 14.6. The van der Waals surface area contributed by atoms with Crippen molar-refractivity contribution in [2.24, 2.45) is 0 Å². The highest BCUT2D eigenvalue weighted by molar-refractivity contribution is 5.76. The summed E-state index contributed by atoms with van der Waals surface area (Å²) in [6, 6.07) is -0.635. The summed E-state index contributed by atoms with van der Waals surface area (Å²) in [6.07, 6.45) is 76.1. The van der Waals surface area contributed by atoms with Crippen LogP contribution in [-0.2, 0) is 14.3 Å². The Bertz CT molecular complexity index is 1150. The van der Waals surface area contributed by atoms with E-state index in [1.165, 1.54) is 263 Å². The smallest absolute Gasteiger partial charge is 0.305 e. The van der Waals surface area contributed by atoms with Gasteiger partial charge in [0.15, 0.2) is 0 Å². The summed E-state index contributed by atoms with van der Waals surface area (Å²) in [7, 11) is 0. The predicted octanol–water partition coefficient (Wildman–Crippen LogP) is 20.0. The fourth-order valence-electron chi connectivity index (χ4n) is 9.74. The lowest BCUT2D eigenvalue weighted by Crippen LogP contribution is -2.45. The van der Waals surface area contributed by atoms with Crippen LogP contribution in [0.2, 0.25) is 0 Å². The first-order valence-corrected chi connectivity index (χ1v) is 31.8. The minimum absolute atomic E-state index is 0.00240. The molecule has 0 heterocycles. The van der Waals surface area contributed by atoms with E-state index in [0.29, 0.717) is 19.4 Å². The molecule has 0 aliphatic carbocycles. The van der Waals surface area contributed by atoms with Crippen molar-refractivity contribution in [1.82, 2.24) is 5.32 Å². The van der Waals surface area contributed by atoms with Crippen LogP contribution in [-0.4, -0.2) is 47.4 Å². The Kier molecular flexibility index (Phi) is 59.0. The van der Waals surface area contributed by atoms with Gasteiger partial charge in [-0.3, -0.25) is 9.59 Å². The number of rotatable bonds is 59. The van der Waals surface area contributed by atoms with Crippen LogP contribution in [0.15, 0.2) is 36.5 Å². The van der Waals surface area contributed by atoms with Gasteiger partial charge < -0.3 is 20.3 Å². The van der Waals surface area contributed by atoms with Crippen LogP contribution < -0.4 is 5.32 Å². The monoisotopic (exact) mass is 998 g/mol. The molecule has 3 N–H and O–H groups in total. The molecule has 0 aromatic carbocycles. The maximum Gasteiger partial charge on any atom is 0.305 e. The number of hydrogen-bond donors (Lipinski definition) is 3. The Labute approximate surface area is 443 Å². The van der Waals surface area contributed by atoms with Gasteiger partial charge in [0.05, 0.1) is 25.4 Å². The Morgan fingerprint density at radius 2 is 0.662 bits per heavy atom. The first-order valence-electron chi connectivity index (χ1n) is 31.8. The topological polar surface area (TPSA) is 95.9 Å². The molecule has 0 aromatic heterocycles. The minimum atomic E-state index is -0.851. The third-order valence-electron chi connectivity index (χ3n) is 14.6. The first-order chi connectivity index (χ1) is 35.0. The SMILES string of the molecule is CCCCC/C=C\CCCCCCCC(=O)OCCCCCCCCCCCC/C=C\CCCCCCCCCC(=O)NC(CO)C(O)/C=C/CCCCCCCCCCCCCCCCCCCCC. The number of unbranched alkanes of at least 4 members (excludes halogenated alkanes) is 44. The molecule has 0 saturated carbocycles. The van der Waals surface area contributed by atoms with Crippen LogP contribution in [0.3, 0.4) is 0 Å². The molecule has 2 unspecified atom stereocenters. The van der Waals surface area contributed by atoms with E-state index in [1.807, 2.05) is 6.08 Å². The van der Waals surface area contributed by atoms with Crippen LogP contribution in [0.5, 0.6) is 0 Å². The Morgan fingerprint density at radius 1 is 0.380 bits per heavy atom. The van der Waals surface area contributed by atoms with Gasteiger partial charge in [-0.25, -0.2) is 0 Å². The van der Waals surface area contributed by atoms with Gasteiger partial charge in [0.2, 0.25) is 5.91 Å². The zero-order chi connectivity index (χ0) is 51.4. The highest BCUT2D eigenvalue weighted by atomic mass is 16.5. The van der Waals surface area contributed by atoms with Gasteiger partial charge >= 0.3 is 5.97 Å². The second-order valence-electron chi connectivity index (χ2n) is 21.7. The number of carbonyl (C=O) groups is 2. The molecule has 0 radical (unpaired) electrons. The Balaban J connectivity index is 3.47. The normalized spacial score (nSPS) is 12.8. The van der Waals surface area contributed by atoms with Crippen molar-refractivity contribution in [2.75, 3.05) is 13.2 Å². The number of nitrogens with one attached hydrogen (secondary N) is 1. The zero-order valence-corrected chi connectivity index (χ0v) is 47.7. The number of aliphatic hydroxyl groups is 2. The van der Waals surface area contributed by atoms with Gasteiger partial charge in [0.25, 0.3) is 0 Å². The molecule has 1 amide bonds. The van der Waals surface area contributed by atoms with E-state index in [0.717, 1.165) is 51.4 Å². The van der Waals surface area contributed by atoms with Gasteiger partial charge in [-0.15, -0.1) is 0 Å². The lowest BCUT2D eigenvalue weighted by molar-refractivity contribution is -0.143. The number of carbonyl (C=O) groups excluding carboxylic acids is 2. The lowest BCUT2D eigenvalue weighted by Gasteiger charge is -2.20. The molecule has 0 bridgehead atoms. The second kappa shape index (κ2) is 60.6. The van der Waals surface area contributed by atoms with Crippen LogP contribution in [0.25, 0.3) is 0 Å². The van der Waals surface area contributed by atoms with Crippen LogP contribution >= 0.6 is 0 Å². The summed E-state index contributed by atoms with van der Waals surface area (Å²) < 4.78 is 5.46. The largest absolute Gasteiger partial charge is 0.466 e. The molecule has 418 valence electrons. The van der Waals surface area contributed by atoms with Crippen molar-refractivity contribution in [3.8, 4) is 0 Å². The van der Waals surface area contributed by atoms with Crippen molar-refractivity contribution in [1.29, 1.82) is 0 Å². The average molecular weight is 999 g/mol. The Hall–Kier alpha value is -1.92. The standard InChI is InChI=1S/C65H123NO5/c1-3-5-7-9-11-13-15-17-18-19-20-22-25-28-31-34-37-41-45-49-53-57-63(68)62(61-67)66-64(69)58-54-50-46-42-38-35-32-29-26-23-21-24-27-30-33-36-40-44-48-52-56-60-71-65(70)59-55-51-47-43-39-16-14-12-10-8-6-4-2/h12,14,23,26,53,57,62-63,67-68H,3-11,13,15-22,24-25,27-52,54-56,58-61H2,1-2H3,(H,66,69)/b14-12-,26-23-,57-53+. The highest BCUT2D eigenvalue weighted by Gasteiger charge is 2.18. The molecule has 71 heavy (non-hydrogen) atoms. The summed E-state index contributed by atoms with van der Waals surface area (Å²) in [5.74, 6) is -0.0757. The van der Waals surface area contributed by atoms with Crippen molar-refractivity contribution >= 4 is 11.9 Å². The van der Waals surface area contributed by atoms with Crippen molar-refractivity contribution in [3.63, 3.8) is 0 Å². The third kappa shape index (κ3) is 57.2. The molecule has 6 heteroatoms. The van der Waals surface area contributed by atoms with Gasteiger partial charge in [-0.2, -0.15) is 0 Å². The van der Waals surface area contributed by atoms with E-state index in [2.05, 4.69) is 43.5 Å². The summed E-state index contributed by atoms with van der Waals surface area (Å²) in [4.78, 5) is 24.5. The minimum Gasteiger partial charge on any atom is -0.466 e. The van der Waals surface area contributed by atoms with E-state index in [-0.39, 0.29) is 18.5 Å².